The average Bonchev–Trinajstić information content (AvgIpc) is 2.17. The minimum Gasteiger partial charge on any atom is -0.398 e. The van der Waals surface area contributed by atoms with Crippen molar-refractivity contribution in [2.45, 2.75) is 0 Å². The second-order valence-corrected chi connectivity index (χ2v) is 2.42. The maximum atomic E-state index is 8.61. The van der Waals surface area contributed by atoms with Gasteiger partial charge in [-0.3, -0.25) is 0 Å². The van der Waals surface area contributed by atoms with Gasteiger partial charge in [0.1, 0.15) is 0 Å². The third-order valence-corrected chi connectivity index (χ3v) is 1.51. The molecule has 0 unspecified atom stereocenters. The number of nitrogens with two attached hydrogens (primary N) is 2. The first-order valence-corrected chi connectivity index (χ1v) is 3.76. The van der Waals surface area contributed by atoms with Crippen LogP contribution in [0.15, 0.2) is 18.2 Å². The molecule has 0 amide bonds. The molecule has 1 rings (SSSR count). The van der Waals surface area contributed by atoms with Gasteiger partial charge in [0, 0.05) is 11.3 Å². The van der Waals surface area contributed by atoms with Crippen LogP contribution >= 0.6 is 0 Å². The van der Waals surface area contributed by atoms with Crippen molar-refractivity contribution in [3.05, 3.63) is 29.3 Å². The van der Waals surface area contributed by atoms with E-state index in [9.17, 15) is 0 Å². The van der Waals surface area contributed by atoms with Gasteiger partial charge in [0.15, 0.2) is 0 Å². The number of hydrogen-bond acceptors (Lipinski definition) is 3. The molecule has 0 saturated carbocycles. The van der Waals surface area contributed by atoms with Crippen LogP contribution in [-0.4, -0.2) is 6.54 Å². The van der Waals surface area contributed by atoms with Crippen molar-refractivity contribution in [3.8, 4) is 17.9 Å². The van der Waals surface area contributed by atoms with Gasteiger partial charge in [-0.05, 0) is 18.2 Å². The molecular weight excluding hydrogens is 162 g/mol. The first kappa shape index (κ1) is 9.12. The van der Waals surface area contributed by atoms with Gasteiger partial charge in [-0.15, -0.1) is 0 Å². The van der Waals surface area contributed by atoms with Gasteiger partial charge in [-0.1, -0.05) is 11.8 Å². The van der Waals surface area contributed by atoms with Crippen LogP contribution in [0, 0.1) is 23.2 Å². The van der Waals surface area contributed by atoms with Crippen LogP contribution in [0.5, 0.6) is 0 Å². The monoisotopic (exact) mass is 171 g/mol. The highest BCUT2D eigenvalue weighted by atomic mass is 14.6. The molecule has 0 saturated heterocycles. The van der Waals surface area contributed by atoms with E-state index in [-0.39, 0.29) is 6.54 Å². The molecule has 1 aromatic carbocycles. The lowest BCUT2D eigenvalue weighted by atomic mass is 10.1. The lowest BCUT2D eigenvalue weighted by molar-refractivity contribution is 1.30. The Morgan fingerprint density at radius 2 is 2.15 bits per heavy atom. The van der Waals surface area contributed by atoms with Crippen LogP contribution in [0.1, 0.15) is 11.1 Å². The van der Waals surface area contributed by atoms with Crippen LogP contribution in [0.25, 0.3) is 0 Å². The van der Waals surface area contributed by atoms with Crippen LogP contribution in [0.2, 0.25) is 0 Å². The van der Waals surface area contributed by atoms with Gasteiger partial charge in [0.05, 0.1) is 18.2 Å². The summed E-state index contributed by atoms with van der Waals surface area (Å²) < 4.78 is 0. The van der Waals surface area contributed by atoms with E-state index in [2.05, 4.69) is 11.8 Å². The minimum absolute atomic E-state index is 0.288. The molecule has 4 N–H and O–H groups in total. The van der Waals surface area contributed by atoms with E-state index in [1.54, 1.807) is 18.2 Å². The van der Waals surface area contributed by atoms with Crippen molar-refractivity contribution in [3.63, 3.8) is 0 Å². The number of nitriles is 1. The summed E-state index contributed by atoms with van der Waals surface area (Å²) in [4.78, 5) is 0. The lowest BCUT2D eigenvalue weighted by Gasteiger charge is -1.97. The third-order valence-electron chi connectivity index (χ3n) is 1.51. The number of nitrogen functional groups attached to an aromatic ring is 1. The quantitative estimate of drug-likeness (QED) is 0.439. The van der Waals surface area contributed by atoms with Crippen LogP contribution in [-0.2, 0) is 0 Å². The Labute approximate surface area is 77.0 Å². The fraction of sp³-hybridized carbons (Fsp3) is 0.100. The van der Waals surface area contributed by atoms with Gasteiger partial charge in [0.2, 0.25) is 0 Å². The van der Waals surface area contributed by atoms with Crippen molar-refractivity contribution in [1.82, 2.24) is 0 Å². The lowest BCUT2D eigenvalue weighted by Crippen LogP contribution is -1.95. The molecule has 0 fully saturated rings. The third kappa shape index (κ3) is 2.23. The van der Waals surface area contributed by atoms with Crippen molar-refractivity contribution in [1.29, 1.82) is 5.26 Å². The molecule has 0 heterocycles. The molecule has 3 nitrogen and oxygen atoms in total. The van der Waals surface area contributed by atoms with Gasteiger partial charge < -0.3 is 11.5 Å². The Hall–Kier alpha value is -1.97. The van der Waals surface area contributed by atoms with Crippen LogP contribution in [0.4, 0.5) is 5.69 Å². The standard InChI is InChI=1S/C10H9N3/c11-5-1-2-9-6-8(7-12)3-4-10(9)13/h3-4,6H,5,11,13H2. The number of anilines is 1. The zero-order valence-electron chi connectivity index (χ0n) is 7.04. The second-order valence-electron chi connectivity index (χ2n) is 2.42. The molecule has 0 atom stereocenters. The first-order valence-electron chi connectivity index (χ1n) is 3.76. The van der Waals surface area contributed by atoms with E-state index in [4.69, 9.17) is 16.7 Å². The smallest absolute Gasteiger partial charge is 0.0992 e. The normalized spacial score (nSPS) is 8.31. The summed E-state index contributed by atoms with van der Waals surface area (Å²) in [5.74, 6) is 5.48. The van der Waals surface area contributed by atoms with Gasteiger partial charge in [-0.25, -0.2) is 0 Å². The molecule has 0 aliphatic carbocycles. The summed E-state index contributed by atoms with van der Waals surface area (Å²) in [5, 5.41) is 8.61. The zero-order chi connectivity index (χ0) is 9.68. The molecule has 0 aromatic heterocycles. The molecule has 1 aromatic rings. The van der Waals surface area contributed by atoms with Crippen LogP contribution < -0.4 is 11.5 Å². The second kappa shape index (κ2) is 4.15. The zero-order valence-corrected chi connectivity index (χ0v) is 7.04. The van der Waals surface area contributed by atoms with Crippen molar-refractivity contribution >= 4 is 5.69 Å². The van der Waals surface area contributed by atoms with Crippen molar-refractivity contribution in [2.75, 3.05) is 12.3 Å². The summed E-state index contributed by atoms with van der Waals surface area (Å²) in [7, 11) is 0. The van der Waals surface area contributed by atoms with E-state index >= 15 is 0 Å². The highest BCUT2D eigenvalue weighted by Crippen LogP contribution is 2.11. The van der Waals surface area contributed by atoms with Crippen molar-refractivity contribution < 1.29 is 0 Å². The fourth-order valence-corrected chi connectivity index (χ4v) is 0.880. The summed E-state index contributed by atoms with van der Waals surface area (Å²) >= 11 is 0. The highest BCUT2D eigenvalue weighted by molar-refractivity contribution is 5.58. The number of rotatable bonds is 0. The Balaban J connectivity index is 3.13. The number of benzene rings is 1. The minimum atomic E-state index is 0.288. The Bertz CT molecular complexity index is 404. The molecule has 3 heteroatoms. The Morgan fingerprint density at radius 3 is 2.77 bits per heavy atom. The Morgan fingerprint density at radius 1 is 1.38 bits per heavy atom. The molecule has 64 valence electrons. The predicted molar refractivity (Wildman–Crippen MR) is 51.5 cm³/mol. The SMILES string of the molecule is N#Cc1ccc(N)c(C#CCN)c1. The van der Waals surface area contributed by atoms with E-state index in [1.807, 2.05) is 6.07 Å². The molecule has 0 bridgehead atoms. The number of hydrogen-bond donors (Lipinski definition) is 2. The first-order chi connectivity index (χ1) is 6.27. The van der Waals surface area contributed by atoms with E-state index < -0.39 is 0 Å². The van der Waals surface area contributed by atoms with Crippen LogP contribution in [0.3, 0.4) is 0 Å². The Kier molecular flexibility index (Phi) is 2.92. The van der Waals surface area contributed by atoms with E-state index in [1.165, 1.54) is 0 Å². The summed E-state index contributed by atoms with van der Waals surface area (Å²) in [6.45, 7) is 0.288. The topological polar surface area (TPSA) is 75.8 Å². The molecule has 0 aliphatic rings. The van der Waals surface area contributed by atoms with E-state index in [0.717, 1.165) is 0 Å². The molecular formula is C10H9N3. The molecule has 13 heavy (non-hydrogen) atoms. The fourth-order valence-electron chi connectivity index (χ4n) is 0.880. The summed E-state index contributed by atoms with van der Waals surface area (Å²) in [6, 6.07) is 6.99. The summed E-state index contributed by atoms with van der Waals surface area (Å²) in [5.41, 5.74) is 12.6. The highest BCUT2D eigenvalue weighted by Gasteiger charge is 1.96. The summed E-state index contributed by atoms with van der Waals surface area (Å²) in [6.07, 6.45) is 0. The molecule has 0 aliphatic heterocycles. The maximum absolute atomic E-state index is 8.61. The van der Waals surface area contributed by atoms with Gasteiger partial charge >= 0.3 is 0 Å². The predicted octanol–water partition coefficient (Wildman–Crippen LogP) is 0.451. The van der Waals surface area contributed by atoms with Crippen molar-refractivity contribution in [2.24, 2.45) is 5.73 Å². The van der Waals surface area contributed by atoms with Gasteiger partial charge in [-0.2, -0.15) is 5.26 Å². The largest absolute Gasteiger partial charge is 0.398 e. The number of nitrogens with zero attached hydrogens (tertiary/aromatic N) is 1. The molecule has 0 spiro atoms. The van der Waals surface area contributed by atoms with Gasteiger partial charge in [0.25, 0.3) is 0 Å². The maximum Gasteiger partial charge on any atom is 0.0992 e. The molecule has 0 radical (unpaired) electrons. The van der Waals surface area contributed by atoms with E-state index in [0.29, 0.717) is 16.8 Å². The average molecular weight is 171 g/mol.